The van der Waals surface area contributed by atoms with E-state index in [1.54, 1.807) is 6.07 Å². The van der Waals surface area contributed by atoms with Crippen molar-refractivity contribution in [2.75, 3.05) is 13.1 Å². The molecule has 7 nitrogen and oxygen atoms in total. The van der Waals surface area contributed by atoms with Crippen molar-refractivity contribution in [2.45, 2.75) is 58.6 Å². The SMILES string of the molecule is CCCC(O)(CCC)CNC(=NCc1ccc(C(N)=O)o1)NCC.I. The van der Waals surface area contributed by atoms with Crippen LogP contribution in [0.1, 0.15) is 62.8 Å². The molecule has 0 bridgehead atoms. The third-order valence-corrected chi connectivity index (χ3v) is 3.66. The molecule has 144 valence electrons. The molecule has 0 aliphatic heterocycles. The van der Waals surface area contributed by atoms with Crippen LogP contribution >= 0.6 is 24.0 Å². The lowest BCUT2D eigenvalue weighted by atomic mass is 9.93. The molecule has 1 rings (SSSR count). The highest BCUT2D eigenvalue weighted by atomic mass is 127. The minimum absolute atomic E-state index is 0. The number of halogens is 1. The van der Waals surface area contributed by atoms with E-state index in [-0.39, 0.29) is 36.3 Å². The van der Waals surface area contributed by atoms with Crippen LogP contribution < -0.4 is 16.4 Å². The zero-order valence-electron chi connectivity index (χ0n) is 15.3. The Balaban J connectivity index is 0.00000576. The summed E-state index contributed by atoms with van der Waals surface area (Å²) in [6.45, 7) is 7.52. The summed E-state index contributed by atoms with van der Waals surface area (Å²) >= 11 is 0. The number of aliphatic imine (C=N–C) groups is 1. The van der Waals surface area contributed by atoms with Gasteiger partial charge in [-0.2, -0.15) is 0 Å². The van der Waals surface area contributed by atoms with Crippen LogP contribution in [-0.4, -0.2) is 35.7 Å². The van der Waals surface area contributed by atoms with E-state index in [2.05, 4.69) is 29.5 Å². The average molecular weight is 466 g/mol. The Morgan fingerprint density at radius 3 is 2.36 bits per heavy atom. The Morgan fingerprint density at radius 1 is 1.24 bits per heavy atom. The number of furan rings is 1. The molecule has 0 fully saturated rings. The number of nitrogens with two attached hydrogens (primary N) is 1. The summed E-state index contributed by atoms with van der Waals surface area (Å²) in [5.41, 5.74) is 4.43. The van der Waals surface area contributed by atoms with Crippen molar-refractivity contribution in [1.82, 2.24) is 10.6 Å². The number of carbonyl (C=O) groups excluding carboxylic acids is 1. The maximum absolute atomic E-state index is 11.0. The van der Waals surface area contributed by atoms with Gasteiger partial charge < -0.3 is 25.9 Å². The van der Waals surface area contributed by atoms with Gasteiger partial charge in [0.1, 0.15) is 12.3 Å². The molecule has 0 aliphatic carbocycles. The molecule has 0 atom stereocenters. The monoisotopic (exact) mass is 466 g/mol. The molecule has 1 aromatic rings. The number of primary amides is 1. The van der Waals surface area contributed by atoms with Gasteiger partial charge in [0.25, 0.3) is 5.91 Å². The van der Waals surface area contributed by atoms with Gasteiger partial charge in [-0.05, 0) is 31.9 Å². The van der Waals surface area contributed by atoms with Crippen LogP contribution in [0.5, 0.6) is 0 Å². The van der Waals surface area contributed by atoms with E-state index in [9.17, 15) is 9.90 Å². The third kappa shape index (κ3) is 8.57. The number of hydrogen-bond donors (Lipinski definition) is 4. The number of hydrogen-bond acceptors (Lipinski definition) is 4. The minimum Gasteiger partial charge on any atom is -0.454 e. The first-order valence-electron chi connectivity index (χ1n) is 8.57. The Labute approximate surface area is 166 Å². The standard InChI is InChI=1S/C17H30N4O3.HI/c1-4-9-17(23,10-5-2)12-21-16(19-6-3)20-11-13-7-8-14(24-13)15(18)22;/h7-8,23H,4-6,9-12H2,1-3H3,(H2,18,22)(H2,19,20,21);1H. The predicted octanol–water partition coefficient (Wildman–Crippen LogP) is 2.38. The maximum atomic E-state index is 11.0. The van der Waals surface area contributed by atoms with Gasteiger partial charge >= 0.3 is 0 Å². The molecular weight excluding hydrogens is 435 g/mol. The summed E-state index contributed by atoms with van der Waals surface area (Å²) in [5.74, 6) is 0.677. The lowest BCUT2D eigenvalue weighted by Crippen LogP contribution is -2.47. The predicted molar refractivity (Wildman–Crippen MR) is 110 cm³/mol. The molecule has 0 saturated carbocycles. The van der Waals surface area contributed by atoms with Crippen LogP contribution in [0.4, 0.5) is 0 Å². The quantitative estimate of drug-likeness (QED) is 0.240. The van der Waals surface area contributed by atoms with Crippen molar-refractivity contribution in [3.63, 3.8) is 0 Å². The summed E-state index contributed by atoms with van der Waals surface area (Å²) in [4.78, 5) is 15.4. The van der Waals surface area contributed by atoms with Crippen LogP contribution in [0.25, 0.3) is 0 Å². The second-order valence-corrected chi connectivity index (χ2v) is 5.90. The largest absolute Gasteiger partial charge is 0.454 e. The van der Waals surface area contributed by atoms with Crippen LogP contribution in [-0.2, 0) is 6.54 Å². The fourth-order valence-electron chi connectivity index (χ4n) is 2.57. The number of nitrogens with zero attached hydrogens (tertiary/aromatic N) is 1. The molecule has 0 aromatic carbocycles. The van der Waals surface area contributed by atoms with E-state index in [4.69, 9.17) is 10.2 Å². The number of nitrogens with one attached hydrogen (secondary N) is 2. The van der Waals surface area contributed by atoms with Gasteiger partial charge in [0.2, 0.25) is 0 Å². The highest BCUT2D eigenvalue weighted by Crippen LogP contribution is 2.18. The Morgan fingerprint density at radius 2 is 1.88 bits per heavy atom. The second kappa shape index (κ2) is 12.1. The highest BCUT2D eigenvalue weighted by molar-refractivity contribution is 14.0. The summed E-state index contributed by atoms with van der Waals surface area (Å²) in [6.07, 6.45) is 3.34. The lowest BCUT2D eigenvalue weighted by molar-refractivity contribution is 0.0257. The van der Waals surface area contributed by atoms with E-state index in [1.807, 2.05) is 6.92 Å². The number of amides is 1. The van der Waals surface area contributed by atoms with Crippen LogP contribution in [0.2, 0.25) is 0 Å². The van der Waals surface area contributed by atoms with Gasteiger partial charge in [-0.15, -0.1) is 24.0 Å². The van der Waals surface area contributed by atoms with Gasteiger partial charge in [0, 0.05) is 13.1 Å². The molecule has 1 aromatic heterocycles. The van der Waals surface area contributed by atoms with Gasteiger partial charge in [-0.3, -0.25) is 4.79 Å². The first kappa shape index (κ1) is 23.7. The molecule has 1 amide bonds. The fourth-order valence-corrected chi connectivity index (χ4v) is 2.57. The molecule has 0 saturated heterocycles. The number of aliphatic hydroxyl groups is 1. The first-order valence-corrected chi connectivity index (χ1v) is 8.57. The molecule has 8 heteroatoms. The van der Waals surface area contributed by atoms with Crippen molar-refractivity contribution in [3.8, 4) is 0 Å². The first-order chi connectivity index (χ1) is 11.4. The summed E-state index contributed by atoms with van der Waals surface area (Å²) < 4.78 is 5.31. The van der Waals surface area contributed by atoms with Crippen molar-refractivity contribution >= 4 is 35.8 Å². The molecule has 25 heavy (non-hydrogen) atoms. The van der Waals surface area contributed by atoms with E-state index in [0.29, 0.717) is 24.8 Å². The zero-order chi connectivity index (χ0) is 18.0. The average Bonchev–Trinajstić information content (AvgIpc) is 3.00. The zero-order valence-corrected chi connectivity index (χ0v) is 17.6. The van der Waals surface area contributed by atoms with Crippen molar-refractivity contribution in [2.24, 2.45) is 10.7 Å². The van der Waals surface area contributed by atoms with Gasteiger partial charge in [0.05, 0.1) is 5.60 Å². The highest BCUT2D eigenvalue weighted by Gasteiger charge is 2.24. The van der Waals surface area contributed by atoms with Crippen molar-refractivity contribution in [3.05, 3.63) is 23.7 Å². The molecule has 0 aliphatic rings. The summed E-state index contributed by atoms with van der Waals surface area (Å²) in [6, 6.07) is 3.21. The van der Waals surface area contributed by atoms with Crippen molar-refractivity contribution in [1.29, 1.82) is 0 Å². The molecule has 0 unspecified atom stereocenters. The van der Waals surface area contributed by atoms with Gasteiger partial charge in [-0.25, -0.2) is 4.99 Å². The normalized spacial score (nSPS) is 11.8. The third-order valence-electron chi connectivity index (χ3n) is 3.66. The van der Waals surface area contributed by atoms with Crippen LogP contribution in [0, 0.1) is 0 Å². The van der Waals surface area contributed by atoms with Gasteiger partial charge in [0.15, 0.2) is 11.7 Å². The minimum atomic E-state index is -0.733. The molecular formula is C17H31IN4O3. The Kier molecular flexibility index (Phi) is 11.5. The maximum Gasteiger partial charge on any atom is 0.284 e. The molecule has 5 N–H and O–H groups in total. The van der Waals surface area contributed by atoms with Crippen LogP contribution in [0.15, 0.2) is 21.5 Å². The lowest BCUT2D eigenvalue weighted by Gasteiger charge is -2.28. The second-order valence-electron chi connectivity index (χ2n) is 5.90. The Bertz CT molecular complexity index is 540. The van der Waals surface area contributed by atoms with Crippen LogP contribution in [0.3, 0.4) is 0 Å². The van der Waals surface area contributed by atoms with E-state index in [0.717, 1.165) is 25.7 Å². The summed E-state index contributed by atoms with van der Waals surface area (Å²) in [5, 5.41) is 17.0. The fraction of sp³-hybridized carbons (Fsp3) is 0.647. The Hall–Kier alpha value is -1.29. The molecule has 0 spiro atoms. The van der Waals surface area contributed by atoms with E-state index >= 15 is 0 Å². The van der Waals surface area contributed by atoms with Crippen molar-refractivity contribution < 1.29 is 14.3 Å². The van der Waals surface area contributed by atoms with E-state index < -0.39 is 11.5 Å². The number of carbonyl (C=O) groups is 1. The van der Waals surface area contributed by atoms with Gasteiger partial charge in [-0.1, -0.05) is 26.7 Å². The molecule has 0 radical (unpaired) electrons. The smallest absolute Gasteiger partial charge is 0.284 e. The van der Waals surface area contributed by atoms with E-state index in [1.165, 1.54) is 6.07 Å². The molecule has 1 heterocycles. The summed E-state index contributed by atoms with van der Waals surface area (Å²) in [7, 11) is 0. The number of guanidine groups is 1. The number of rotatable bonds is 10. The topological polar surface area (TPSA) is 113 Å².